The molecule has 172 valence electrons. The van der Waals surface area contributed by atoms with Crippen LogP contribution in [0.3, 0.4) is 0 Å². The first-order chi connectivity index (χ1) is 15.6. The number of anilines is 1. The summed E-state index contributed by atoms with van der Waals surface area (Å²) in [6.45, 7) is 10.5. The van der Waals surface area contributed by atoms with E-state index in [1.54, 1.807) is 6.07 Å². The molecule has 2 aliphatic rings. The van der Waals surface area contributed by atoms with Crippen LogP contribution in [-0.4, -0.2) is 73.1 Å². The van der Waals surface area contributed by atoms with Gasteiger partial charge in [0.1, 0.15) is 0 Å². The first-order valence-corrected chi connectivity index (χ1v) is 11.5. The Morgan fingerprint density at radius 2 is 1.84 bits per heavy atom. The number of hydrogen-bond donors (Lipinski definition) is 1. The molecule has 1 aromatic heterocycles. The smallest absolute Gasteiger partial charge is 0.336 e. The molecule has 4 rings (SSSR count). The number of benzene rings is 1. The van der Waals surface area contributed by atoms with Crippen LogP contribution in [0.5, 0.6) is 0 Å². The molecule has 0 aliphatic carbocycles. The molecular weight excluding hydrogens is 406 g/mol. The number of nitrogens with zero attached hydrogens (tertiary/aromatic N) is 3. The molecule has 2 saturated heterocycles. The maximum Gasteiger partial charge on any atom is 0.336 e. The predicted octanol–water partition coefficient (Wildman–Crippen LogP) is 3.59. The van der Waals surface area contributed by atoms with Crippen LogP contribution < -0.4 is 4.90 Å². The van der Waals surface area contributed by atoms with Gasteiger partial charge in [-0.3, -0.25) is 9.88 Å². The summed E-state index contributed by atoms with van der Waals surface area (Å²) in [5.74, 6) is -0.898. The number of carbonyl (C=O) groups is 1. The van der Waals surface area contributed by atoms with Crippen LogP contribution in [0, 0.1) is 6.92 Å². The van der Waals surface area contributed by atoms with Gasteiger partial charge in [-0.15, -0.1) is 0 Å². The Labute approximate surface area is 190 Å². The van der Waals surface area contributed by atoms with E-state index in [1.165, 1.54) is 0 Å². The van der Waals surface area contributed by atoms with Gasteiger partial charge >= 0.3 is 5.97 Å². The van der Waals surface area contributed by atoms with Gasteiger partial charge in [0.05, 0.1) is 24.5 Å². The molecule has 1 N–H and O–H groups in total. The minimum Gasteiger partial charge on any atom is -0.478 e. The lowest BCUT2D eigenvalue weighted by Gasteiger charge is -2.36. The number of morpholine rings is 1. The average Bonchev–Trinajstić information content (AvgIpc) is 2.82. The summed E-state index contributed by atoms with van der Waals surface area (Å²) in [6, 6.07) is 8.35. The highest BCUT2D eigenvalue weighted by Crippen LogP contribution is 2.33. The minimum absolute atomic E-state index is 0.348. The summed E-state index contributed by atoms with van der Waals surface area (Å²) in [5, 5.41) is 9.88. The van der Waals surface area contributed by atoms with Crippen molar-refractivity contribution in [2.45, 2.75) is 39.3 Å². The monoisotopic (exact) mass is 439 g/mol. The van der Waals surface area contributed by atoms with Crippen molar-refractivity contribution in [2.75, 3.05) is 51.0 Å². The molecule has 0 amide bonds. The zero-order valence-corrected chi connectivity index (χ0v) is 19.0. The molecule has 0 bridgehead atoms. The molecule has 2 aliphatic heterocycles. The molecule has 0 spiro atoms. The van der Waals surface area contributed by atoms with Gasteiger partial charge in [-0.1, -0.05) is 6.07 Å². The summed E-state index contributed by atoms with van der Waals surface area (Å²) in [4.78, 5) is 21.4. The Bertz CT molecular complexity index is 920. The van der Waals surface area contributed by atoms with Gasteiger partial charge in [0, 0.05) is 62.9 Å². The highest BCUT2D eigenvalue weighted by atomic mass is 16.5. The third-order valence-electron chi connectivity index (χ3n) is 6.54. The molecule has 0 atom stereocenters. The molecule has 2 aromatic rings. The zero-order valence-electron chi connectivity index (χ0n) is 19.0. The van der Waals surface area contributed by atoms with Gasteiger partial charge in [-0.25, -0.2) is 4.79 Å². The maximum absolute atomic E-state index is 12.1. The highest BCUT2D eigenvalue weighted by molar-refractivity contribution is 5.93. The SMILES string of the molecule is CCN(c1cc(-c2ccc(CN3CCOCC3)nc2)cc(C(=O)O)c1C)C1CCOCC1. The number of hydrogen-bond acceptors (Lipinski definition) is 6. The predicted molar refractivity (Wildman–Crippen MR) is 124 cm³/mol. The van der Waals surface area contributed by atoms with Crippen molar-refractivity contribution in [3.05, 3.63) is 47.3 Å². The maximum atomic E-state index is 12.1. The van der Waals surface area contributed by atoms with Crippen molar-refractivity contribution >= 4 is 11.7 Å². The summed E-state index contributed by atoms with van der Waals surface area (Å²) >= 11 is 0. The zero-order chi connectivity index (χ0) is 22.5. The number of rotatable bonds is 7. The fourth-order valence-corrected chi connectivity index (χ4v) is 4.69. The van der Waals surface area contributed by atoms with Crippen molar-refractivity contribution in [1.29, 1.82) is 0 Å². The quantitative estimate of drug-likeness (QED) is 0.707. The Hall–Kier alpha value is -2.48. The standard InChI is InChI=1S/C25H33N3O4/c1-3-28(22-6-10-31-11-7-22)24-15-20(14-23(18(24)2)25(29)30)19-4-5-21(26-16-19)17-27-8-12-32-13-9-27/h4-5,14-16,22H,3,6-13,17H2,1-2H3,(H,29,30). The fourth-order valence-electron chi connectivity index (χ4n) is 4.69. The van der Waals surface area contributed by atoms with Crippen LogP contribution in [0.15, 0.2) is 30.5 Å². The molecule has 1 aromatic carbocycles. The third-order valence-corrected chi connectivity index (χ3v) is 6.54. The van der Waals surface area contributed by atoms with Gasteiger partial charge in [0.2, 0.25) is 0 Å². The van der Waals surface area contributed by atoms with Crippen molar-refractivity contribution in [3.8, 4) is 11.1 Å². The van der Waals surface area contributed by atoms with E-state index in [0.29, 0.717) is 11.6 Å². The molecule has 7 heteroatoms. The Kier molecular flexibility index (Phi) is 7.40. The van der Waals surface area contributed by atoms with E-state index in [0.717, 1.165) is 93.5 Å². The number of aromatic nitrogens is 1. The van der Waals surface area contributed by atoms with E-state index in [2.05, 4.69) is 27.8 Å². The topological polar surface area (TPSA) is 75.1 Å². The van der Waals surface area contributed by atoms with Crippen molar-refractivity contribution in [1.82, 2.24) is 9.88 Å². The number of carboxylic acid groups (broad SMARTS) is 1. The van der Waals surface area contributed by atoms with E-state index in [9.17, 15) is 9.90 Å². The summed E-state index contributed by atoms with van der Waals surface area (Å²) in [5.41, 5.74) is 4.99. The number of ether oxygens (including phenoxy) is 2. The lowest BCUT2D eigenvalue weighted by atomic mass is 9.96. The van der Waals surface area contributed by atoms with Crippen molar-refractivity contribution in [2.24, 2.45) is 0 Å². The summed E-state index contributed by atoms with van der Waals surface area (Å²) < 4.78 is 11.0. The van der Waals surface area contributed by atoms with Crippen LogP contribution in [-0.2, 0) is 16.0 Å². The number of carboxylic acids is 1. The largest absolute Gasteiger partial charge is 0.478 e. The average molecular weight is 440 g/mol. The second-order valence-corrected chi connectivity index (χ2v) is 8.53. The molecule has 32 heavy (non-hydrogen) atoms. The first kappa shape index (κ1) is 22.7. The van der Waals surface area contributed by atoms with Crippen LogP contribution in [0.1, 0.15) is 41.4 Å². The van der Waals surface area contributed by atoms with Crippen LogP contribution in [0.4, 0.5) is 5.69 Å². The molecular formula is C25H33N3O4. The fraction of sp³-hybridized carbons (Fsp3) is 0.520. The van der Waals surface area contributed by atoms with Crippen LogP contribution in [0.2, 0.25) is 0 Å². The number of aromatic carboxylic acids is 1. The van der Waals surface area contributed by atoms with Gasteiger partial charge in [0.15, 0.2) is 0 Å². The lowest BCUT2D eigenvalue weighted by molar-refractivity contribution is 0.0336. The summed E-state index contributed by atoms with van der Waals surface area (Å²) in [6.07, 6.45) is 3.77. The third kappa shape index (κ3) is 5.11. The molecule has 0 radical (unpaired) electrons. The Balaban J connectivity index is 1.63. The van der Waals surface area contributed by atoms with E-state index in [-0.39, 0.29) is 0 Å². The van der Waals surface area contributed by atoms with E-state index in [1.807, 2.05) is 25.3 Å². The molecule has 7 nitrogen and oxygen atoms in total. The van der Waals surface area contributed by atoms with Crippen molar-refractivity contribution < 1.29 is 19.4 Å². The van der Waals surface area contributed by atoms with Gasteiger partial charge in [-0.2, -0.15) is 0 Å². The van der Waals surface area contributed by atoms with E-state index < -0.39 is 5.97 Å². The van der Waals surface area contributed by atoms with Gasteiger partial charge in [0.25, 0.3) is 0 Å². The highest BCUT2D eigenvalue weighted by Gasteiger charge is 2.24. The number of pyridine rings is 1. The Morgan fingerprint density at radius 3 is 2.47 bits per heavy atom. The minimum atomic E-state index is -0.898. The molecule has 2 fully saturated rings. The Morgan fingerprint density at radius 1 is 1.12 bits per heavy atom. The van der Waals surface area contributed by atoms with E-state index >= 15 is 0 Å². The summed E-state index contributed by atoms with van der Waals surface area (Å²) in [7, 11) is 0. The van der Waals surface area contributed by atoms with E-state index in [4.69, 9.17) is 9.47 Å². The molecule has 0 saturated carbocycles. The lowest BCUT2D eigenvalue weighted by Crippen LogP contribution is -2.40. The molecule has 0 unspecified atom stereocenters. The normalized spacial score (nSPS) is 17.9. The second kappa shape index (κ2) is 10.4. The first-order valence-electron chi connectivity index (χ1n) is 11.5. The molecule has 3 heterocycles. The second-order valence-electron chi connectivity index (χ2n) is 8.53. The van der Waals surface area contributed by atoms with Gasteiger partial charge < -0.3 is 19.5 Å². The van der Waals surface area contributed by atoms with Crippen molar-refractivity contribution in [3.63, 3.8) is 0 Å². The van der Waals surface area contributed by atoms with Gasteiger partial charge in [-0.05, 0) is 56.0 Å². The van der Waals surface area contributed by atoms with Crippen LogP contribution >= 0.6 is 0 Å². The van der Waals surface area contributed by atoms with Crippen LogP contribution in [0.25, 0.3) is 11.1 Å².